The largest absolute Gasteiger partial charge is 0.368 e. The van der Waals surface area contributed by atoms with E-state index in [-0.39, 0.29) is 23.8 Å². The quantitative estimate of drug-likeness (QED) is 0.894. The molecule has 1 aromatic carbocycles. The van der Waals surface area contributed by atoms with Crippen molar-refractivity contribution in [3.8, 4) is 0 Å². The fraction of sp³-hybridized carbons (Fsp3) is 0.579. The topological polar surface area (TPSA) is 52.7 Å². The minimum Gasteiger partial charge on any atom is -0.368 e. The number of carbonyl (C=O) groups excluding carboxylic acids is 2. The van der Waals surface area contributed by atoms with Crippen LogP contribution >= 0.6 is 11.6 Å². The molecule has 136 valence electrons. The molecule has 1 unspecified atom stereocenters. The molecule has 1 N–H and O–H groups in total. The number of amides is 2. The van der Waals surface area contributed by atoms with Gasteiger partial charge in [-0.2, -0.15) is 0 Å². The number of halogens is 1. The molecule has 2 aliphatic rings. The minimum atomic E-state index is -0.359. The number of hydrogen-bond acceptors (Lipinski definition) is 3. The van der Waals surface area contributed by atoms with Crippen molar-refractivity contribution < 1.29 is 9.59 Å². The van der Waals surface area contributed by atoms with Crippen LogP contribution in [0.2, 0.25) is 5.02 Å². The second-order valence-electron chi connectivity index (χ2n) is 7.01. The lowest BCUT2D eigenvalue weighted by atomic mass is 9.96. The van der Waals surface area contributed by atoms with Crippen LogP contribution in [0.4, 0.5) is 5.69 Å². The Balaban J connectivity index is 1.61. The van der Waals surface area contributed by atoms with Crippen LogP contribution in [0.25, 0.3) is 0 Å². The normalized spacial score (nSPS) is 19.8. The maximum Gasteiger partial charge on any atom is 0.245 e. The number of benzene rings is 1. The Bertz CT molecular complexity index is 606. The van der Waals surface area contributed by atoms with E-state index in [4.69, 9.17) is 11.6 Å². The van der Waals surface area contributed by atoms with Crippen LogP contribution in [-0.2, 0) is 9.59 Å². The first kappa shape index (κ1) is 18.1. The summed E-state index contributed by atoms with van der Waals surface area (Å²) in [6.45, 7) is 4.46. The van der Waals surface area contributed by atoms with Gasteiger partial charge in [0.1, 0.15) is 6.04 Å². The maximum absolute atomic E-state index is 13.0. The summed E-state index contributed by atoms with van der Waals surface area (Å²) in [5.41, 5.74) is 1.13. The highest BCUT2D eigenvalue weighted by Crippen LogP contribution is 2.29. The van der Waals surface area contributed by atoms with Crippen LogP contribution < -0.4 is 10.2 Å². The van der Waals surface area contributed by atoms with Crippen LogP contribution in [0.15, 0.2) is 24.3 Å². The van der Waals surface area contributed by atoms with Gasteiger partial charge >= 0.3 is 0 Å². The van der Waals surface area contributed by atoms with Crippen molar-refractivity contribution in [1.29, 1.82) is 0 Å². The number of rotatable bonds is 4. The van der Waals surface area contributed by atoms with Gasteiger partial charge in [-0.3, -0.25) is 9.59 Å². The Morgan fingerprint density at radius 2 is 1.68 bits per heavy atom. The Morgan fingerprint density at radius 1 is 1.08 bits per heavy atom. The summed E-state index contributed by atoms with van der Waals surface area (Å²) in [7, 11) is 0. The van der Waals surface area contributed by atoms with Crippen molar-refractivity contribution in [2.24, 2.45) is 5.92 Å². The maximum atomic E-state index is 13.0. The van der Waals surface area contributed by atoms with E-state index in [1.54, 1.807) is 0 Å². The Hall–Kier alpha value is -1.75. The van der Waals surface area contributed by atoms with Crippen molar-refractivity contribution in [3.63, 3.8) is 0 Å². The van der Waals surface area contributed by atoms with E-state index in [2.05, 4.69) is 10.2 Å². The van der Waals surface area contributed by atoms with Gasteiger partial charge in [0.2, 0.25) is 11.8 Å². The summed E-state index contributed by atoms with van der Waals surface area (Å²) >= 11 is 5.95. The molecule has 1 atom stereocenters. The van der Waals surface area contributed by atoms with E-state index in [1.807, 2.05) is 29.2 Å². The molecule has 25 heavy (non-hydrogen) atoms. The second-order valence-corrected chi connectivity index (χ2v) is 7.45. The molecule has 1 aliphatic heterocycles. The average Bonchev–Trinajstić information content (AvgIpc) is 3.14. The zero-order chi connectivity index (χ0) is 17.8. The summed E-state index contributed by atoms with van der Waals surface area (Å²) in [5.74, 6) is 0.244. The number of nitrogens with zero attached hydrogens (tertiary/aromatic N) is 2. The zero-order valence-electron chi connectivity index (χ0n) is 14.7. The van der Waals surface area contributed by atoms with Gasteiger partial charge in [0, 0.05) is 43.8 Å². The SMILES string of the molecule is CC(=O)NC(C(=O)N1CCN(c2ccc(Cl)cc2)CC1)C1CCCC1. The average molecular weight is 364 g/mol. The molecule has 3 rings (SSSR count). The number of hydrogen-bond donors (Lipinski definition) is 1. The van der Waals surface area contributed by atoms with E-state index in [9.17, 15) is 9.59 Å². The number of carbonyl (C=O) groups is 2. The van der Waals surface area contributed by atoms with Crippen LogP contribution in [0.1, 0.15) is 32.6 Å². The predicted octanol–water partition coefficient (Wildman–Crippen LogP) is 2.68. The molecule has 1 aliphatic carbocycles. The summed E-state index contributed by atoms with van der Waals surface area (Å²) in [6.07, 6.45) is 4.36. The van der Waals surface area contributed by atoms with Gasteiger partial charge in [-0.1, -0.05) is 24.4 Å². The zero-order valence-corrected chi connectivity index (χ0v) is 15.5. The van der Waals surface area contributed by atoms with Gasteiger partial charge in [0.25, 0.3) is 0 Å². The highest BCUT2D eigenvalue weighted by Gasteiger charge is 2.35. The minimum absolute atomic E-state index is 0.0813. The fourth-order valence-corrected chi connectivity index (χ4v) is 4.05. The van der Waals surface area contributed by atoms with E-state index in [1.165, 1.54) is 6.92 Å². The molecule has 0 spiro atoms. The molecule has 2 fully saturated rings. The lowest BCUT2D eigenvalue weighted by Gasteiger charge is -2.38. The third kappa shape index (κ3) is 4.46. The molecular formula is C19H26ClN3O2. The van der Waals surface area contributed by atoms with Crippen LogP contribution in [-0.4, -0.2) is 48.9 Å². The van der Waals surface area contributed by atoms with Gasteiger partial charge < -0.3 is 15.1 Å². The van der Waals surface area contributed by atoms with Gasteiger partial charge in [-0.25, -0.2) is 0 Å². The Kier molecular flexibility index (Phi) is 5.84. The van der Waals surface area contributed by atoms with Crippen molar-refractivity contribution in [1.82, 2.24) is 10.2 Å². The summed E-state index contributed by atoms with van der Waals surface area (Å²) in [4.78, 5) is 28.7. The van der Waals surface area contributed by atoms with Crippen molar-refractivity contribution in [2.75, 3.05) is 31.1 Å². The molecule has 5 nitrogen and oxygen atoms in total. The lowest BCUT2D eigenvalue weighted by Crippen LogP contribution is -2.56. The lowest BCUT2D eigenvalue weighted by molar-refractivity contribution is -0.137. The molecule has 0 aromatic heterocycles. The summed E-state index contributed by atoms with van der Waals surface area (Å²) in [5, 5.41) is 3.64. The molecule has 2 amide bonds. The van der Waals surface area contributed by atoms with Crippen LogP contribution in [0.5, 0.6) is 0 Å². The first-order chi connectivity index (χ1) is 12.0. The Labute approximate surface area is 154 Å². The van der Waals surface area contributed by atoms with Gasteiger partial charge in [-0.05, 0) is 43.0 Å². The second kappa shape index (κ2) is 8.09. The number of nitrogens with one attached hydrogen (secondary N) is 1. The number of piperazine rings is 1. The molecule has 1 aromatic rings. The highest BCUT2D eigenvalue weighted by molar-refractivity contribution is 6.30. The molecule has 0 radical (unpaired) electrons. The highest BCUT2D eigenvalue weighted by atomic mass is 35.5. The predicted molar refractivity (Wildman–Crippen MR) is 99.8 cm³/mol. The van der Waals surface area contributed by atoms with E-state index in [0.717, 1.165) is 49.5 Å². The van der Waals surface area contributed by atoms with Crippen molar-refractivity contribution in [3.05, 3.63) is 29.3 Å². The van der Waals surface area contributed by atoms with Crippen molar-refractivity contribution in [2.45, 2.75) is 38.6 Å². The molecular weight excluding hydrogens is 338 g/mol. The van der Waals surface area contributed by atoms with Gasteiger partial charge in [0.15, 0.2) is 0 Å². The molecule has 6 heteroatoms. The van der Waals surface area contributed by atoms with Gasteiger partial charge in [-0.15, -0.1) is 0 Å². The standard InChI is InChI=1S/C19H26ClN3O2/c1-14(24)21-18(15-4-2-3-5-15)19(25)23-12-10-22(11-13-23)17-8-6-16(20)7-9-17/h6-9,15,18H,2-5,10-13H2,1H3,(H,21,24). The third-order valence-corrected chi connectivity index (χ3v) is 5.53. The van der Waals surface area contributed by atoms with E-state index in [0.29, 0.717) is 13.1 Å². The third-order valence-electron chi connectivity index (χ3n) is 5.28. The molecule has 1 saturated carbocycles. The van der Waals surface area contributed by atoms with Crippen molar-refractivity contribution >= 4 is 29.1 Å². The molecule has 1 heterocycles. The Morgan fingerprint density at radius 3 is 2.24 bits per heavy atom. The number of anilines is 1. The summed E-state index contributed by atoms with van der Waals surface area (Å²) in [6, 6.07) is 7.45. The van der Waals surface area contributed by atoms with Gasteiger partial charge in [0.05, 0.1) is 0 Å². The fourth-order valence-electron chi connectivity index (χ4n) is 3.92. The van der Waals surface area contributed by atoms with Crippen LogP contribution in [0, 0.1) is 5.92 Å². The van der Waals surface area contributed by atoms with Crippen LogP contribution in [0.3, 0.4) is 0 Å². The van der Waals surface area contributed by atoms with E-state index >= 15 is 0 Å². The summed E-state index contributed by atoms with van der Waals surface area (Å²) < 4.78 is 0. The smallest absolute Gasteiger partial charge is 0.245 e. The monoisotopic (exact) mass is 363 g/mol. The molecule has 0 bridgehead atoms. The molecule has 1 saturated heterocycles. The first-order valence-corrected chi connectivity index (χ1v) is 9.49. The van der Waals surface area contributed by atoms with E-state index < -0.39 is 0 Å². The first-order valence-electron chi connectivity index (χ1n) is 9.11.